The molecular formula is C19H17FO2. The summed E-state index contributed by atoms with van der Waals surface area (Å²) >= 11 is 0. The Labute approximate surface area is 129 Å². The van der Waals surface area contributed by atoms with Crippen molar-refractivity contribution in [3.05, 3.63) is 65.0 Å². The van der Waals surface area contributed by atoms with Crippen LogP contribution in [0.1, 0.15) is 23.6 Å². The van der Waals surface area contributed by atoms with E-state index in [1.54, 1.807) is 19.1 Å². The van der Waals surface area contributed by atoms with E-state index in [9.17, 15) is 9.18 Å². The fourth-order valence-corrected chi connectivity index (χ4v) is 2.84. The summed E-state index contributed by atoms with van der Waals surface area (Å²) in [7, 11) is 0. The van der Waals surface area contributed by atoms with E-state index in [0.29, 0.717) is 6.61 Å². The maximum absolute atomic E-state index is 13.3. The molecule has 0 unspecified atom stereocenters. The lowest BCUT2D eigenvalue weighted by atomic mass is 9.85. The van der Waals surface area contributed by atoms with Crippen molar-refractivity contribution in [1.29, 1.82) is 0 Å². The molecule has 3 rings (SSSR count). The molecule has 0 amide bonds. The number of hydrogen-bond acceptors (Lipinski definition) is 2. The van der Waals surface area contributed by atoms with E-state index >= 15 is 0 Å². The molecule has 0 atom stereocenters. The molecule has 1 aliphatic rings. The van der Waals surface area contributed by atoms with Gasteiger partial charge in [-0.25, -0.2) is 9.18 Å². The summed E-state index contributed by atoms with van der Waals surface area (Å²) in [6.45, 7) is 2.16. The van der Waals surface area contributed by atoms with Crippen LogP contribution < -0.4 is 0 Å². The smallest absolute Gasteiger partial charge is 0.330 e. The summed E-state index contributed by atoms with van der Waals surface area (Å²) in [4.78, 5) is 11.4. The van der Waals surface area contributed by atoms with Crippen molar-refractivity contribution in [2.75, 3.05) is 6.61 Å². The Hall–Kier alpha value is -2.42. The van der Waals surface area contributed by atoms with Gasteiger partial charge in [-0.2, -0.15) is 0 Å². The molecule has 112 valence electrons. The van der Waals surface area contributed by atoms with Gasteiger partial charge in [-0.05, 0) is 65.8 Å². The van der Waals surface area contributed by atoms with Crippen LogP contribution in [0.2, 0.25) is 0 Å². The highest BCUT2D eigenvalue weighted by atomic mass is 19.1. The van der Waals surface area contributed by atoms with Gasteiger partial charge >= 0.3 is 5.97 Å². The molecule has 0 bridgehead atoms. The van der Waals surface area contributed by atoms with Crippen molar-refractivity contribution in [2.24, 2.45) is 0 Å². The molecule has 0 aromatic heterocycles. The number of rotatable bonds is 3. The number of halogens is 1. The summed E-state index contributed by atoms with van der Waals surface area (Å²) in [5.41, 5.74) is 5.50. The maximum atomic E-state index is 13.3. The van der Waals surface area contributed by atoms with Crippen LogP contribution in [0, 0.1) is 5.82 Å². The van der Waals surface area contributed by atoms with Gasteiger partial charge in [0.2, 0.25) is 0 Å². The van der Waals surface area contributed by atoms with Crippen molar-refractivity contribution in [3.8, 4) is 11.1 Å². The van der Waals surface area contributed by atoms with E-state index in [1.165, 1.54) is 17.7 Å². The standard InChI is InChI=1S/C19H17FO2/c1-2-22-19(21)10-4-13-3-8-17-14(11-13)5-6-15-12-16(20)7-9-18(15)17/h3-4,7-12H,2,5-6H2,1H3/b10-4+. The van der Waals surface area contributed by atoms with Crippen molar-refractivity contribution in [1.82, 2.24) is 0 Å². The third-order valence-electron chi connectivity index (χ3n) is 3.85. The van der Waals surface area contributed by atoms with Crippen LogP contribution in [-0.4, -0.2) is 12.6 Å². The van der Waals surface area contributed by atoms with E-state index in [2.05, 4.69) is 6.07 Å². The van der Waals surface area contributed by atoms with Gasteiger partial charge in [0.25, 0.3) is 0 Å². The van der Waals surface area contributed by atoms with Gasteiger partial charge in [0, 0.05) is 6.08 Å². The van der Waals surface area contributed by atoms with E-state index in [4.69, 9.17) is 4.74 Å². The van der Waals surface area contributed by atoms with Gasteiger partial charge in [0.1, 0.15) is 5.82 Å². The van der Waals surface area contributed by atoms with Crippen LogP contribution >= 0.6 is 0 Å². The van der Waals surface area contributed by atoms with Crippen LogP contribution in [-0.2, 0) is 22.4 Å². The monoisotopic (exact) mass is 296 g/mol. The minimum absolute atomic E-state index is 0.184. The van der Waals surface area contributed by atoms with E-state index in [0.717, 1.165) is 35.1 Å². The van der Waals surface area contributed by atoms with Gasteiger partial charge < -0.3 is 4.74 Å². The summed E-state index contributed by atoms with van der Waals surface area (Å²) in [5, 5.41) is 0. The Kier molecular flexibility index (Phi) is 4.05. The lowest BCUT2D eigenvalue weighted by molar-refractivity contribution is -0.137. The highest BCUT2D eigenvalue weighted by molar-refractivity contribution is 5.87. The molecule has 3 heteroatoms. The summed E-state index contributed by atoms with van der Waals surface area (Å²) in [5.74, 6) is -0.516. The largest absolute Gasteiger partial charge is 0.463 e. The molecule has 1 aliphatic carbocycles. The number of carbonyl (C=O) groups is 1. The van der Waals surface area contributed by atoms with Crippen molar-refractivity contribution < 1.29 is 13.9 Å². The summed E-state index contributed by atoms with van der Waals surface area (Å²) in [6, 6.07) is 11.0. The predicted octanol–water partition coefficient (Wildman–Crippen LogP) is 4.17. The molecule has 0 fully saturated rings. The Balaban J connectivity index is 1.90. The van der Waals surface area contributed by atoms with Crippen molar-refractivity contribution in [3.63, 3.8) is 0 Å². The zero-order chi connectivity index (χ0) is 15.5. The second-order valence-corrected chi connectivity index (χ2v) is 5.30. The van der Waals surface area contributed by atoms with Crippen LogP contribution in [0.25, 0.3) is 17.2 Å². The number of carbonyl (C=O) groups excluding carboxylic acids is 1. The van der Waals surface area contributed by atoms with E-state index < -0.39 is 0 Å². The molecule has 0 saturated heterocycles. The second kappa shape index (κ2) is 6.14. The minimum Gasteiger partial charge on any atom is -0.463 e. The van der Waals surface area contributed by atoms with Gasteiger partial charge in [-0.1, -0.05) is 24.3 Å². The van der Waals surface area contributed by atoms with Crippen LogP contribution in [0.4, 0.5) is 4.39 Å². The molecule has 2 aromatic carbocycles. The Morgan fingerprint density at radius 2 is 1.82 bits per heavy atom. The molecule has 22 heavy (non-hydrogen) atoms. The van der Waals surface area contributed by atoms with Crippen LogP contribution in [0.5, 0.6) is 0 Å². The van der Waals surface area contributed by atoms with Crippen LogP contribution in [0.15, 0.2) is 42.5 Å². The Bertz CT molecular complexity index is 747. The first-order valence-corrected chi connectivity index (χ1v) is 7.44. The number of hydrogen-bond donors (Lipinski definition) is 0. The third kappa shape index (κ3) is 2.93. The summed E-state index contributed by atoms with van der Waals surface area (Å²) < 4.78 is 18.2. The Morgan fingerprint density at radius 3 is 2.55 bits per heavy atom. The number of fused-ring (bicyclic) bond motifs is 3. The molecule has 2 nitrogen and oxygen atoms in total. The average Bonchev–Trinajstić information content (AvgIpc) is 2.52. The summed E-state index contributed by atoms with van der Waals surface area (Å²) in [6.07, 6.45) is 4.92. The first-order valence-electron chi connectivity index (χ1n) is 7.44. The number of aryl methyl sites for hydroxylation is 2. The SMILES string of the molecule is CCOC(=O)/C=C/c1ccc2c(c1)CCc1cc(F)ccc1-2. The molecule has 0 aliphatic heterocycles. The topological polar surface area (TPSA) is 26.3 Å². The number of esters is 1. The number of ether oxygens (including phenoxy) is 1. The second-order valence-electron chi connectivity index (χ2n) is 5.30. The van der Waals surface area contributed by atoms with Gasteiger partial charge in [-0.3, -0.25) is 0 Å². The predicted molar refractivity (Wildman–Crippen MR) is 84.9 cm³/mol. The fourth-order valence-electron chi connectivity index (χ4n) is 2.84. The van der Waals surface area contributed by atoms with E-state index in [1.807, 2.05) is 18.2 Å². The maximum Gasteiger partial charge on any atom is 0.330 e. The number of benzene rings is 2. The average molecular weight is 296 g/mol. The molecule has 0 spiro atoms. The van der Waals surface area contributed by atoms with Gasteiger partial charge in [0.05, 0.1) is 6.61 Å². The normalized spacial score (nSPS) is 12.8. The molecular weight excluding hydrogens is 279 g/mol. The molecule has 0 N–H and O–H groups in total. The van der Waals surface area contributed by atoms with E-state index in [-0.39, 0.29) is 11.8 Å². The minimum atomic E-state index is -0.332. The van der Waals surface area contributed by atoms with Crippen molar-refractivity contribution in [2.45, 2.75) is 19.8 Å². The highest BCUT2D eigenvalue weighted by Gasteiger charge is 2.16. The van der Waals surface area contributed by atoms with Crippen molar-refractivity contribution >= 4 is 12.0 Å². The molecule has 2 aromatic rings. The lowest BCUT2D eigenvalue weighted by Crippen LogP contribution is -2.04. The molecule has 0 radical (unpaired) electrons. The first-order chi connectivity index (χ1) is 10.7. The van der Waals surface area contributed by atoms with Crippen LogP contribution in [0.3, 0.4) is 0 Å². The quantitative estimate of drug-likeness (QED) is 0.628. The van der Waals surface area contributed by atoms with Gasteiger partial charge in [0.15, 0.2) is 0 Å². The zero-order valence-corrected chi connectivity index (χ0v) is 12.4. The fraction of sp³-hybridized carbons (Fsp3) is 0.211. The lowest BCUT2D eigenvalue weighted by Gasteiger charge is -2.20. The highest BCUT2D eigenvalue weighted by Crippen LogP contribution is 2.34. The third-order valence-corrected chi connectivity index (χ3v) is 3.85. The molecule has 0 heterocycles. The molecule has 0 saturated carbocycles. The zero-order valence-electron chi connectivity index (χ0n) is 12.4. The first kappa shape index (κ1) is 14.5. The Morgan fingerprint density at radius 1 is 1.14 bits per heavy atom. The van der Waals surface area contributed by atoms with Gasteiger partial charge in [-0.15, -0.1) is 0 Å².